The van der Waals surface area contributed by atoms with Crippen LogP contribution in [-0.4, -0.2) is 9.78 Å². The van der Waals surface area contributed by atoms with Gasteiger partial charge in [-0.25, -0.2) is 4.68 Å². The highest BCUT2D eigenvalue weighted by Gasteiger charge is 2.17. The largest absolute Gasteiger partial charge is 0.338 e. The Morgan fingerprint density at radius 2 is 1.46 bits per heavy atom. The number of hydrogen-bond acceptors (Lipinski definition) is 4. The Morgan fingerprint density at radius 3 is 2.14 bits per heavy atom. The molecule has 1 heterocycles. The second-order valence-electron chi connectivity index (χ2n) is 6.20. The third-order valence-electron chi connectivity index (χ3n) is 4.16. The average molecular weight is 388 g/mol. The van der Waals surface area contributed by atoms with Crippen molar-refractivity contribution in [3.63, 3.8) is 0 Å². The molecule has 28 heavy (non-hydrogen) atoms. The maximum atomic E-state index is 6.02. The first-order valence-electron chi connectivity index (χ1n) is 8.85. The zero-order valence-corrected chi connectivity index (χ0v) is 16.0. The van der Waals surface area contributed by atoms with E-state index in [1.165, 1.54) is 0 Å². The average Bonchev–Trinajstić information content (AvgIpc) is 3.05. The first-order valence-corrected chi connectivity index (χ1v) is 9.23. The summed E-state index contributed by atoms with van der Waals surface area (Å²) in [6, 6.07) is 27.1. The van der Waals surface area contributed by atoms with E-state index in [2.05, 4.69) is 20.6 Å². The molecular formula is C22H18ClN5. The molecule has 0 spiro atoms. The van der Waals surface area contributed by atoms with Crippen LogP contribution < -0.4 is 5.32 Å². The minimum absolute atomic E-state index is 0.683. The second-order valence-corrected chi connectivity index (χ2v) is 6.63. The molecule has 0 amide bonds. The van der Waals surface area contributed by atoms with E-state index >= 15 is 0 Å². The summed E-state index contributed by atoms with van der Waals surface area (Å²) in [5.74, 6) is 0.741. The molecule has 0 fully saturated rings. The third-order valence-corrected chi connectivity index (χ3v) is 4.41. The lowest BCUT2D eigenvalue weighted by atomic mass is 10.3. The topological polar surface area (TPSA) is 54.6 Å². The van der Waals surface area contributed by atoms with E-state index in [-0.39, 0.29) is 0 Å². The van der Waals surface area contributed by atoms with Gasteiger partial charge in [-0.3, -0.25) is 0 Å². The minimum Gasteiger partial charge on any atom is -0.338 e. The van der Waals surface area contributed by atoms with Gasteiger partial charge in [0.15, 0.2) is 11.5 Å². The molecule has 0 aliphatic carbocycles. The normalized spacial score (nSPS) is 11.1. The Morgan fingerprint density at radius 1 is 0.821 bits per heavy atom. The molecule has 0 radical (unpaired) electrons. The minimum atomic E-state index is 0.683. The van der Waals surface area contributed by atoms with Gasteiger partial charge in [0.05, 0.1) is 17.1 Å². The maximum Gasteiger partial charge on any atom is 0.162 e. The van der Waals surface area contributed by atoms with Gasteiger partial charge in [-0.15, -0.1) is 5.11 Å². The molecule has 0 aliphatic rings. The van der Waals surface area contributed by atoms with Crippen molar-refractivity contribution in [2.75, 3.05) is 5.32 Å². The van der Waals surface area contributed by atoms with E-state index in [4.69, 9.17) is 11.6 Å². The van der Waals surface area contributed by atoms with E-state index in [9.17, 15) is 0 Å². The van der Waals surface area contributed by atoms with E-state index < -0.39 is 0 Å². The molecule has 0 saturated carbocycles. The number of aromatic nitrogens is 2. The number of rotatable bonds is 5. The van der Waals surface area contributed by atoms with Crippen molar-refractivity contribution in [3.8, 4) is 5.69 Å². The number of halogens is 1. The highest BCUT2D eigenvalue weighted by atomic mass is 35.5. The number of para-hydroxylation sites is 1. The summed E-state index contributed by atoms with van der Waals surface area (Å²) >= 11 is 6.02. The molecule has 3 aromatic carbocycles. The van der Waals surface area contributed by atoms with E-state index in [1.54, 1.807) is 0 Å². The standard InChI is InChI=1S/C22H18ClN5/c1-16-21(26-25-19-8-4-2-5-9-19)22(24-18-14-12-17(23)13-15-18)28(27-16)20-10-6-3-7-11-20/h2-15,24H,1H3. The second kappa shape index (κ2) is 8.06. The van der Waals surface area contributed by atoms with Crippen LogP contribution in [-0.2, 0) is 0 Å². The van der Waals surface area contributed by atoms with Gasteiger partial charge in [0.1, 0.15) is 0 Å². The first-order chi connectivity index (χ1) is 13.7. The van der Waals surface area contributed by atoms with Gasteiger partial charge in [-0.05, 0) is 55.5 Å². The van der Waals surface area contributed by atoms with Crippen LogP contribution in [0.3, 0.4) is 0 Å². The van der Waals surface area contributed by atoms with Crippen molar-refractivity contribution in [1.82, 2.24) is 9.78 Å². The molecule has 1 N–H and O–H groups in total. The number of nitrogens with one attached hydrogen (secondary N) is 1. The van der Waals surface area contributed by atoms with Gasteiger partial charge in [0.25, 0.3) is 0 Å². The SMILES string of the molecule is Cc1nn(-c2ccccc2)c(Nc2ccc(Cl)cc2)c1N=Nc1ccccc1. The molecule has 0 aliphatic heterocycles. The monoisotopic (exact) mass is 387 g/mol. The van der Waals surface area contributed by atoms with Crippen molar-refractivity contribution in [1.29, 1.82) is 0 Å². The van der Waals surface area contributed by atoms with Crippen LogP contribution in [0.2, 0.25) is 5.02 Å². The first kappa shape index (κ1) is 17.9. The van der Waals surface area contributed by atoms with Gasteiger partial charge in [0.2, 0.25) is 0 Å². The number of benzene rings is 3. The lowest BCUT2D eigenvalue weighted by Gasteiger charge is -2.10. The number of anilines is 2. The quantitative estimate of drug-likeness (QED) is 0.375. The summed E-state index contributed by atoms with van der Waals surface area (Å²) in [7, 11) is 0. The van der Waals surface area contributed by atoms with Crippen molar-refractivity contribution < 1.29 is 0 Å². The van der Waals surface area contributed by atoms with Gasteiger partial charge < -0.3 is 5.32 Å². The van der Waals surface area contributed by atoms with Crippen LogP contribution in [0.25, 0.3) is 5.69 Å². The Hall–Kier alpha value is -3.44. The fourth-order valence-corrected chi connectivity index (χ4v) is 2.91. The number of aryl methyl sites for hydroxylation is 1. The molecule has 6 heteroatoms. The smallest absolute Gasteiger partial charge is 0.162 e. The van der Waals surface area contributed by atoms with E-state index in [0.717, 1.165) is 28.6 Å². The predicted octanol–water partition coefficient (Wildman–Crippen LogP) is 6.99. The summed E-state index contributed by atoms with van der Waals surface area (Å²) in [6.07, 6.45) is 0. The predicted molar refractivity (Wildman–Crippen MR) is 114 cm³/mol. The van der Waals surface area contributed by atoms with Crippen LogP contribution in [0.1, 0.15) is 5.69 Å². The van der Waals surface area contributed by atoms with Gasteiger partial charge in [-0.2, -0.15) is 10.2 Å². The van der Waals surface area contributed by atoms with Crippen LogP contribution in [0, 0.1) is 6.92 Å². The lowest BCUT2D eigenvalue weighted by Crippen LogP contribution is -2.02. The zero-order valence-electron chi connectivity index (χ0n) is 15.2. The van der Waals surface area contributed by atoms with Crippen LogP contribution >= 0.6 is 11.6 Å². The summed E-state index contributed by atoms with van der Waals surface area (Å²) in [5, 5.41) is 17.6. The van der Waals surface area contributed by atoms with Crippen molar-refractivity contribution >= 4 is 34.5 Å². The van der Waals surface area contributed by atoms with Gasteiger partial charge >= 0.3 is 0 Å². The van der Waals surface area contributed by atoms with E-state index in [1.807, 2.05) is 96.5 Å². The van der Waals surface area contributed by atoms with Crippen LogP contribution in [0.4, 0.5) is 22.9 Å². The molecule has 0 unspecified atom stereocenters. The highest BCUT2D eigenvalue weighted by molar-refractivity contribution is 6.30. The Labute approximate surface area is 168 Å². The third kappa shape index (κ3) is 3.94. The summed E-state index contributed by atoms with van der Waals surface area (Å²) in [6.45, 7) is 1.92. The summed E-state index contributed by atoms with van der Waals surface area (Å²) in [4.78, 5) is 0. The number of hydrogen-bond donors (Lipinski definition) is 1. The molecule has 4 rings (SSSR count). The van der Waals surface area contributed by atoms with Gasteiger partial charge in [-0.1, -0.05) is 48.0 Å². The van der Waals surface area contributed by atoms with Crippen LogP contribution in [0.15, 0.2) is 95.2 Å². The molecule has 5 nitrogen and oxygen atoms in total. The molecule has 1 aromatic heterocycles. The molecule has 0 atom stereocenters. The van der Waals surface area contributed by atoms with E-state index in [0.29, 0.717) is 10.7 Å². The molecular weight excluding hydrogens is 370 g/mol. The highest BCUT2D eigenvalue weighted by Crippen LogP contribution is 2.35. The number of nitrogens with zero attached hydrogens (tertiary/aromatic N) is 4. The molecule has 0 saturated heterocycles. The summed E-state index contributed by atoms with van der Waals surface area (Å²) < 4.78 is 1.84. The van der Waals surface area contributed by atoms with Crippen molar-refractivity contribution in [2.24, 2.45) is 10.2 Å². The lowest BCUT2D eigenvalue weighted by molar-refractivity contribution is 0.869. The molecule has 138 valence electrons. The summed E-state index contributed by atoms with van der Waals surface area (Å²) in [5.41, 5.74) is 4.07. The molecule has 4 aromatic rings. The zero-order chi connectivity index (χ0) is 19.3. The fraction of sp³-hybridized carbons (Fsp3) is 0.0455. The number of azo groups is 1. The fourth-order valence-electron chi connectivity index (χ4n) is 2.78. The van der Waals surface area contributed by atoms with Crippen LogP contribution in [0.5, 0.6) is 0 Å². The Kier molecular flexibility index (Phi) is 5.17. The van der Waals surface area contributed by atoms with Crippen molar-refractivity contribution in [3.05, 3.63) is 95.6 Å². The van der Waals surface area contributed by atoms with Gasteiger partial charge in [0, 0.05) is 10.7 Å². The Bertz CT molecular complexity index is 1090. The molecule has 0 bridgehead atoms. The maximum absolute atomic E-state index is 6.02. The van der Waals surface area contributed by atoms with Crippen molar-refractivity contribution in [2.45, 2.75) is 6.92 Å². The Balaban J connectivity index is 1.79.